The lowest BCUT2D eigenvalue weighted by Gasteiger charge is -2.12. The first kappa shape index (κ1) is 16.6. The summed E-state index contributed by atoms with van der Waals surface area (Å²) in [5, 5.41) is 5.54. The standard InChI is InChI=1S/C23H19N5/c1-15-11-21-25-14-19-12-20(17-5-3-2-4-6-17)22(26-23(19)28(21)27-15)18-9-7-16(13-24)8-10-18/h2-12,14H,13,24H2,1H3. The van der Waals surface area contributed by atoms with E-state index in [0.29, 0.717) is 6.54 Å². The van der Waals surface area contributed by atoms with E-state index in [1.54, 1.807) is 0 Å². The Morgan fingerprint density at radius 3 is 2.46 bits per heavy atom. The van der Waals surface area contributed by atoms with Gasteiger partial charge in [0.05, 0.1) is 11.4 Å². The molecule has 0 spiro atoms. The summed E-state index contributed by atoms with van der Waals surface area (Å²) in [6.45, 7) is 2.49. The van der Waals surface area contributed by atoms with Gasteiger partial charge in [-0.1, -0.05) is 54.6 Å². The summed E-state index contributed by atoms with van der Waals surface area (Å²) in [7, 11) is 0. The fraction of sp³-hybridized carbons (Fsp3) is 0.0870. The summed E-state index contributed by atoms with van der Waals surface area (Å²) in [6, 6.07) is 22.7. The Balaban J connectivity index is 1.83. The van der Waals surface area contributed by atoms with Gasteiger partial charge >= 0.3 is 0 Å². The minimum absolute atomic E-state index is 0.524. The van der Waals surface area contributed by atoms with E-state index in [0.717, 1.165) is 50.3 Å². The molecule has 3 aromatic heterocycles. The molecule has 0 aliphatic carbocycles. The van der Waals surface area contributed by atoms with Crippen LogP contribution < -0.4 is 5.73 Å². The monoisotopic (exact) mass is 365 g/mol. The van der Waals surface area contributed by atoms with E-state index in [9.17, 15) is 0 Å². The summed E-state index contributed by atoms with van der Waals surface area (Å²) in [4.78, 5) is 9.58. The van der Waals surface area contributed by atoms with Gasteiger partial charge in [-0.25, -0.2) is 9.97 Å². The highest BCUT2D eigenvalue weighted by atomic mass is 15.3. The van der Waals surface area contributed by atoms with Crippen LogP contribution in [0, 0.1) is 6.92 Å². The molecule has 2 aromatic carbocycles. The lowest BCUT2D eigenvalue weighted by molar-refractivity contribution is 0.940. The van der Waals surface area contributed by atoms with Crippen molar-refractivity contribution in [2.45, 2.75) is 13.5 Å². The van der Waals surface area contributed by atoms with Crippen LogP contribution in [-0.4, -0.2) is 19.6 Å². The zero-order valence-electron chi connectivity index (χ0n) is 15.5. The van der Waals surface area contributed by atoms with Crippen molar-refractivity contribution in [3.05, 3.63) is 84.2 Å². The topological polar surface area (TPSA) is 69.1 Å². The Morgan fingerprint density at radius 2 is 1.71 bits per heavy atom. The van der Waals surface area contributed by atoms with E-state index >= 15 is 0 Å². The number of hydrogen-bond donors (Lipinski definition) is 1. The highest BCUT2D eigenvalue weighted by Gasteiger charge is 2.14. The van der Waals surface area contributed by atoms with Crippen molar-refractivity contribution in [1.29, 1.82) is 0 Å². The van der Waals surface area contributed by atoms with Crippen molar-refractivity contribution in [2.75, 3.05) is 0 Å². The van der Waals surface area contributed by atoms with Crippen LogP contribution in [0.25, 0.3) is 39.1 Å². The van der Waals surface area contributed by atoms with E-state index in [2.05, 4.69) is 52.5 Å². The molecule has 5 heteroatoms. The van der Waals surface area contributed by atoms with Gasteiger partial charge in [0, 0.05) is 35.3 Å². The second-order valence-electron chi connectivity index (χ2n) is 6.88. The van der Waals surface area contributed by atoms with Crippen LogP contribution in [0.1, 0.15) is 11.3 Å². The second-order valence-corrected chi connectivity index (χ2v) is 6.88. The number of rotatable bonds is 3. The Hall–Kier alpha value is -3.57. The predicted octanol–water partition coefficient (Wildman–Crippen LogP) is 4.38. The second kappa shape index (κ2) is 6.55. The lowest BCUT2D eigenvalue weighted by atomic mass is 9.98. The first-order chi connectivity index (χ1) is 13.7. The number of aromatic nitrogens is 4. The van der Waals surface area contributed by atoms with Gasteiger partial charge in [0.2, 0.25) is 0 Å². The van der Waals surface area contributed by atoms with Crippen LogP contribution in [0.5, 0.6) is 0 Å². The average Bonchev–Trinajstić information content (AvgIpc) is 3.14. The Bertz CT molecular complexity index is 1290. The van der Waals surface area contributed by atoms with Gasteiger partial charge in [-0.2, -0.15) is 9.61 Å². The number of nitrogens with two attached hydrogens (primary N) is 1. The molecule has 0 unspecified atom stereocenters. The van der Waals surface area contributed by atoms with Crippen molar-refractivity contribution in [3.63, 3.8) is 0 Å². The SMILES string of the molecule is Cc1cc2ncc3cc(-c4ccccc4)c(-c4ccc(CN)cc4)nc3n2n1. The molecule has 5 rings (SSSR count). The molecule has 2 N–H and O–H groups in total. The molecule has 0 fully saturated rings. The Morgan fingerprint density at radius 1 is 0.929 bits per heavy atom. The molecule has 0 amide bonds. The maximum absolute atomic E-state index is 5.76. The van der Waals surface area contributed by atoms with Gasteiger partial charge in [0.25, 0.3) is 0 Å². The number of benzene rings is 2. The zero-order valence-corrected chi connectivity index (χ0v) is 15.5. The van der Waals surface area contributed by atoms with Crippen molar-refractivity contribution < 1.29 is 0 Å². The quantitative estimate of drug-likeness (QED) is 0.515. The maximum atomic E-state index is 5.76. The van der Waals surface area contributed by atoms with Gasteiger partial charge in [-0.15, -0.1) is 0 Å². The minimum Gasteiger partial charge on any atom is -0.326 e. The van der Waals surface area contributed by atoms with E-state index in [1.165, 1.54) is 0 Å². The molecule has 0 aliphatic heterocycles. The van der Waals surface area contributed by atoms with Crippen LogP contribution in [0.15, 0.2) is 72.9 Å². The third-order valence-electron chi connectivity index (χ3n) is 4.93. The van der Waals surface area contributed by atoms with Crippen molar-refractivity contribution in [1.82, 2.24) is 19.6 Å². The minimum atomic E-state index is 0.524. The van der Waals surface area contributed by atoms with Gasteiger partial charge in [0.15, 0.2) is 11.3 Å². The van der Waals surface area contributed by atoms with Gasteiger partial charge in [0.1, 0.15) is 0 Å². The number of pyridine rings is 1. The zero-order chi connectivity index (χ0) is 19.1. The summed E-state index contributed by atoms with van der Waals surface area (Å²) in [5.74, 6) is 0. The molecule has 0 radical (unpaired) electrons. The highest BCUT2D eigenvalue weighted by molar-refractivity contribution is 5.90. The number of fused-ring (bicyclic) bond motifs is 3. The molecule has 5 nitrogen and oxygen atoms in total. The molecule has 0 saturated heterocycles. The summed E-state index contributed by atoms with van der Waals surface area (Å²) in [5.41, 5.74) is 13.5. The van der Waals surface area contributed by atoms with Gasteiger partial charge in [-0.05, 0) is 24.1 Å². The molecule has 28 heavy (non-hydrogen) atoms. The molecule has 0 atom stereocenters. The first-order valence-electron chi connectivity index (χ1n) is 9.24. The Kier molecular flexibility index (Phi) is 3.88. The van der Waals surface area contributed by atoms with Crippen molar-refractivity contribution in [2.24, 2.45) is 5.73 Å². The number of hydrogen-bond acceptors (Lipinski definition) is 4. The van der Waals surface area contributed by atoms with Crippen molar-refractivity contribution >= 4 is 16.7 Å². The van der Waals surface area contributed by atoms with E-state index < -0.39 is 0 Å². The summed E-state index contributed by atoms with van der Waals surface area (Å²) in [6.07, 6.45) is 1.87. The normalized spacial score (nSPS) is 11.4. The van der Waals surface area contributed by atoms with Crippen LogP contribution in [0.2, 0.25) is 0 Å². The molecule has 136 valence electrons. The molecule has 0 aliphatic rings. The number of aryl methyl sites for hydroxylation is 1. The van der Waals surface area contributed by atoms with Gasteiger partial charge < -0.3 is 5.73 Å². The molecule has 0 saturated carbocycles. The first-order valence-corrected chi connectivity index (χ1v) is 9.24. The molecular weight excluding hydrogens is 346 g/mol. The smallest absolute Gasteiger partial charge is 0.165 e. The van der Waals surface area contributed by atoms with Gasteiger partial charge in [-0.3, -0.25) is 0 Å². The third kappa shape index (κ3) is 2.73. The Labute approximate surface area is 162 Å². The largest absolute Gasteiger partial charge is 0.326 e. The van der Waals surface area contributed by atoms with Crippen LogP contribution >= 0.6 is 0 Å². The highest BCUT2D eigenvalue weighted by Crippen LogP contribution is 2.33. The third-order valence-corrected chi connectivity index (χ3v) is 4.93. The van der Waals surface area contributed by atoms with E-state index in [4.69, 9.17) is 10.7 Å². The average molecular weight is 365 g/mol. The van der Waals surface area contributed by atoms with Crippen LogP contribution in [-0.2, 0) is 6.54 Å². The van der Waals surface area contributed by atoms with Crippen LogP contribution in [0.3, 0.4) is 0 Å². The number of nitrogens with zero attached hydrogens (tertiary/aromatic N) is 4. The summed E-state index contributed by atoms with van der Waals surface area (Å²) < 4.78 is 1.82. The molecule has 3 heterocycles. The van der Waals surface area contributed by atoms with Crippen molar-refractivity contribution in [3.8, 4) is 22.4 Å². The maximum Gasteiger partial charge on any atom is 0.165 e. The molecule has 5 aromatic rings. The fourth-order valence-electron chi connectivity index (χ4n) is 3.51. The molecular formula is C23H19N5. The van der Waals surface area contributed by atoms with E-state index in [1.807, 2.05) is 41.9 Å². The lowest BCUT2D eigenvalue weighted by Crippen LogP contribution is -2.00. The summed E-state index contributed by atoms with van der Waals surface area (Å²) >= 11 is 0. The van der Waals surface area contributed by atoms with E-state index in [-0.39, 0.29) is 0 Å². The van der Waals surface area contributed by atoms with Crippen LogP contribution in [0.4, 0.5) is 0 Å². The predicted molar refractivity (Wildman–Crippen MR) is 112 cm³/mol. The molecule has 0 bridgehead atoms. The fourth-order valence-corrected chi connectivity index (χ4v) is 3.51.